The number of rotatable bonds is 6. The molecule has 0 fully saturated rings. The zero-order chi connectivity index (χ0) is 21.2. The molecule has 1 amide bonds. The van der Waals surface area contributed by atoms with Gasteiger partial charge in [0, 0.05) is 10.0 Å². The van der Waals surface area contributed by atoms with E-state index in [1.165, 1.54) is 16.7 Å². The number of nitrogens with zero attached hydrogens (tertiary/aromatic N) is 3. The summed E-state index contributed by atoms with van der Waals surface area (Å²) >= 11 is 4.51. The summed E-state index contributed by atoms with van der Waals surface area (Å²) in [4.78, 5) is 11.7. The minimum absolute atomic E-state index is 0.234. The molecule has 152 valence electrons. The Hall–Kier alpha value is -2.33. The molecular weight excluding hydrogens is 469 g/mol. The summed E-state index contributed by atoms with van der Waals surface area (Å²) < 4.78 is 42.0. The highest BCUT2D eigenvalue weighted by Crippen LogP contribution is 2.36. The Morgan fingerprint density at radius 2 is 1.93 bits per heavy atom. The number of nitrogens with two attached hydrogens (primary N) is 1. The monoisotopic (exact) mass is 484 g/mol. The van der Waals surface area contributed by atoms with Crippen molar-refractivity contribution in [2.45, 2.75) is 29.9 Å². The molecule has 0 aliphatic rings. The molecule has 2 aromatic carbocycles. The maximum atomic E-state index is 13.3. The number of halogens is 4. The number of hydrogen-bond acceptors (Lipinski definition) is 4. The Balaban J connectivity index is 2.20. The molecule has 1 unspecified atom stereocenters. The van der Waals surface area contributed by atoms with Crippen LogP contribution in [0.5, 0.6) is 0 Å². The fraction of sp³-hybridized carbons (Fsp3) is 0.211. The lowest BCUT2D eigenvalue weighted by atomic mass is 10.1. The fourth-order valence-corrected chi connectivity index (χ4v) is 4.07. The highest BCUT2D eigenvalue weighted by atomic mass is 79.9. The van der Waals surface area contributed by atoms with Gasteiger partial charge < -0.3 is 5.73 Å². The number of carbonyl (C=O) groups is 1. The van der Waals surface area contributed by atoms with E-state index in [0.717, 1.165) is 23.9 Å². The van der Waals surface area contributed by atoms with Gasteiger partial charge in [0.1, 0.15) is 0 Å². The molecule has 0 bridgehead atoms. The molecule has 1 atom stereocenters. The van der Waals surface area contributed by atoms with Crippen molar-refractivity contribution in [1.82, 2.24) is 14.8 Å². The van der Waals surface area contributed by atoms with E-state index < -0.39 is 22.9 Å². The molecule has 0 saturated carbocycles. The van der Waals surface area contributed by atoms with E-state index in [1.54, 1.807) is 25.1 Å². The lowest BCUT2D eigenvalue weighted by Gasteiger charge is -2.15. The van der Waals surface area contributed by atoms with Crippen LogP contribution in [0.4, 0.5) is 13.2 Å². The minimum Gasteiger partial charge on any atom is -0.369 e. The summed E-state index contributed by atoms with van der Waals surface area (Å²) in [6, 6.07) is 12.1. The summed E-state index contributed by atoms with van der Waals surface area (Å²) in [5.74, 6) is -0.183. The summed E-state index contributed by atoms with van der Waals surface area (Å²) in [6.07, 6.45) is -4.05. The molecule has 2 N–H and O–H groups in total. The molecule has 1 aromatic heterocycles. The van der Waals surface area contributed by atoms with Crippen molar-refractivity contribution in [3.63, 3.8) is 0 Å². The van der Waals surface area contributed by atoms with E-state index in [0.29, 0.717) is 22.3 Å². The molecule has 0 aliphatic heterocycles. The zero-order valence-electron chi connectivity index (χ0n) is 15.2. The standard InChI is InChI=1S/C19H16BrF3N4OS/c1-2-15(16(24)28)29-18-26-25-17(13-8-3-4-9-14(13)20)27(18)12-7-5-6-11(10-12)19(21,22)23/h3-10,15H,2H2,1H3,(H2,24,28). The average molecular weight is 485 g/mol. The molecule has 0 saturated heterocycles. The Morgan fingerprint density at radius 1 is 1.21 bits per heavy atom. The molecule has 29 heavy (non-hydrogen) atoms. The van der Waals surface area contributed by atoms with Crippen LogP contribution in [0.25, 0.3) is 17.1 Å². The normalized spacial score (nSPS) is 12.7. The maximum Gasteiger partial charge on any atom is 0.416 e. The van der Waals surface area contributed by atoms with Gasteiger partial charge in [-0.3, -0.25) is 9.36 Å². The van der Waals surface area contributed by atoms with E-state index in [9.17, 15) is 18.0 Å². The van der Waals surface area contributed by atoms with Gasteiger partial charge >= 0.3 is 6.18 Å². The van der Waals surface area contributed by atoms with Gasteiger partial charge in [0.25, 0.3) is 0 Å². The predicted octanol–water partition coefficient (Wildman–Crippen LogP) is 5.07. The zero-order valence-corrected chi connectivity index (χ0v) is 17.6. The Kier molecular flexibility index (Phi) is 6.33. The molecule has 10 heteroatoms. The maximum absolute atomic E-state index is 13.3. The first-order chi connectivity index (χ1) is 13.7. The number of thioether (sulfide) groups is 1. The van der Waals surface area contributed by atoms with Crippen LogP contribution in [-0.2, 0) is 11.0 Å². The van der Waals surface area contributed by atoms with Crippen LogP contribution in [-0.4, -0.2) is 25.9 Å². The Labute approximate surface area is 177 Å². The third-order valence-corrected chi connectivity index (χ3v) is 6.13. The van der Waals surface area contributed by atoms with Crippen molar-refractivity contribution in [2.75, 3.05) is 0 Å². The average Bonchev–Trinajstić information content (AvgIpc) is 3.09. The molecule has 5 nitrogen and oxygen atoms in total. The largest absolute Gasteiger partial charge is 0.416 e. The lowest BCUT2D eigenvalue weighted by Crippen LogP contribution is -2.25. The van der Waals surface area contributed by atoms with Crippen molar-refractivity contribution in [2.24, 2.45) is 5.73 Å². The number of carbonyl (C=O) groups excluding carboxylic acids is 1. The summed E-state index contributed by atoms with van der Waals surface area (Å²) in [6.45, 7) is 1.79. The molecule has 3 aromatic rings. The van der Waals surface area contributed by atoms with Crippen molar-refractivity contribution in [3.05, 3.63) is 58.6 Å². The van der Waals surface area contributed by atoms with Crippen molar-refractivity contribution >= 4 is 33.6 Å². The first-order valence-corrected chi connectivity index (χ1v) is 10.2. The first-order valence-electron chi connectivity index (χ1n) is 8.56. The topological polar surface area (TPSA) is 73.8 Å². The SMILES string of the molecule is CCC(Sc1nnc(-c2ccccc2Br)n1-c1cccc(C(F)(F)F)c1)C(N)=O. The summed E-state index contributed by atoms with van der Waals surface area (Å²) in [7, 11) is 0. The minimum atomic E-state index is -4.50. The van der Waals surface area contributed by atoms with Crippen LogP contribution in [0, 0.1) is 0 Å². The van der Waals surface area contributed by atoms with E-state index >= 15 is 0 Å². The van der Waals surface area contributed by atoms with E-state index in [-0.39, 0.29) is 10.8 Å². The number of aromatic nitrogens is 3. The highest BCUT2D eigenvalue weighted by Gasteiger charge is 2.31. The third kappa shape index (κ3) is 4.64. The van der Waals surface area contributed by atoms with Crippen LogP contribution in [0.2, 0.25) is 0 Å². The van der Waals surface area contributed by atoms with E-state index in [2.05, 4.69) is 26.1 Å². The molecular formula is C19H16BrF3N4OS. The van der Waals surface area contributed by atoms with Gasteiger partial charge in [0.05, 0.1) is 16.5 Å². The van der Waals surface area contributed by atoms with Crippen molar-refractivity contribution in [1.29, 1.82) is 0 Å². The van der Waals surface area contributed by atoms with Gasteiger partial charge in [-0.25, -0.2) is 0 Å². The number of primary amides is 1. The number of benzene rings is 2. The molecule has 3 rings (SSSR count). The van der Waals surface area contributed by atoms with Gasteiger partial charge in [0.15, 0.2) is 11.0 Å². The second kappa shape index (κ2) is 8.58. The number of alkyl halides is 3. The van der Waals surface area contributed by atoms with Crippen LogP contribution < -0.4 is 5.73 Å². The van der Waals surface area contributed by atoms with Crippen LogP contribution in [0.1, 0.15) is 18.9 Å². The Bertz CT molecular complexity index is 1040. The predicted molar refractivity (Wildman–Crippen MR) is 109 cm³/mol. The van der Waals surface area contributed by atoms with E-state index in [4.69, 9.17) is 5.73 Å². The van der Waals surface area contributed by atoms with Crippen LogP contribution in [0.15, 0.2) is 58.2 Å². The smallest absolute Gasteiger partial charge is 0.369 e. The number of hydrogen-bond donors (Lipinski definition) is 1. The fourth-order valence-electron chi connectivity index (χ4n) is 2.69. The van der Waals surface area contributed by atoms with Gasteiger partial charge in [-0.05, 0) is 30.7 Å². The number of amides is 1. The molecule has 0 aliphatic carbocycles. The van der Waals surface area contributed by atoms with Gasteiger partial charge in [0.2, 0.25) is 5.91 Å². The third-order valence-electron chi connectivity index (χ3n) is 4.12. The second-order valence-corrected chi connectivity index (χ2v) is 8.11. The van der Waals surface area contributed by atoms with Gasteiger partial charge in [-0.15, -0.1) is 10.2 Å². The van der Waals surface area contributed by atoms with Gasteiger partial charge in [-0.2, -0.15) is 13.2 Å². The molecule has 0 spiro atoms. The van der Waals surface area contributed by atoms with Crippen molar-refractivity contribution in [3.8, 4) is 17.1 Å². The summed E-state index contributed by atoms with van der Waals surface area (Å²) in [5.41, 5.74) is 5.52. The highest BCUT2D eigenvalue weighted by molar-refractivity contribution is 9.10. The quantitative estimate of drug-likeness (QED) is 0.495. The van der Waals surface area contributed by atoms with Crippen LogP contribution in [0.3, 0.4) is 0 Å². The van der Waals surface area contributed by atoms with Crippen LogP contribution >= 0.6 is 27.7 Å². The van der Waals surface area contributed by atoms with Crippen molar-refractivity contribution < 1.29 is 18.0 Å². The van der Waals surface area contributed by atoms with Gasteiger partial charge in [-0.1, -0.05) is 58.9 Å². The van der Waals surface area contributed by atoms with E-state index in [1.807, 2.05) is 6.07 Å². The second-order valence-electron chi connectivity index (χ2n) is 6.09. The lowest BCUT2D eigenvalue weighted by molar-refractivity contribution is -0.137. The molecule has 1 heterocycles. The summed E-state index contributed by atoms with van der Waals surface area (Å²) in [5, 5.41) is 8.02. The molecule has 0 radical (unpaired) electrons. The Morgan fingerprint density at radius 3 is 2.55 bits per heavy atom. The first kappa shape index (κ1) is 21.4.